The zero-order chi connectivity index (χ0) is 46.9. The number of carbonyl (C=O) groups is 1. The molecule has 64 heavy (non-hydrogen) atoms. The third kappa shape index (κ3) is 51.4. The van der Waals surface area contributed by atoms with Crippen molar-refractivity contribution in [3.8, 4) is 0 Å². The second-order valence-electron chi connectivity index (χ2n) is 19.2. The van der Waals surface area contributed by atoms with E-state index in [1.807, 2.05) is 21.1 Å². The van der Waals surface area contributed by atoms with Crippen molar-refractivity contribution in [3.63, 3.8) is 0 Å². The van der Waals surface area contributed by atoms with Gasteiger partial charge < -0.3 is 27.9 Å². The number of esters is 1. The highest BCUT2D eigenvalue weighted by molar-refractivity contribution is 7.45. The number of quaternary nitrogens is 1. The first kappa shape index (κ1) is 62.5. The number of likely N-dealkylation sites (N-methyl/N-ethyl adjacent to an activating group) is 1. The Morgan fingerprint density at radius 1 is 0.500 bits per heavy atom. The van der Waals surface area contributed by atoms with Crippen molar-refractivity contribution in [2.24, 2.45) is 0 Å². The smallest absolute Gasteiger partial charge is 0.306 e. The van der Waals surface area contributed by atoms with E-state index < -0.39 is 13.9 Å². The first-order chi connectivity index (χ1) is 31.1. The van der Waals surface area contributed by atoms with Crippen molar-refractivity contribution in [2.45, 2.75) is 245 Å². The van der Waals surface area contributed by atoms with Crippen LogP contribution in [0.3, 0.4) is 0 Å². The normalized spacial score (nSPS) is 13.9. The number of phosphoric acid groups is 1. The van der Waals surface area contributed by atoms with Crippen LogP contribution >= 0.6 is 7.82 Å². The Hall–Kier alpha value is -1.54. The lowest BCUT2D eigenvalue weighted by molar-refractivity contribution is -0.870. The van der Waals surface area contributed by atoms with Crippen molar-refractivity contribution in [2.75, 3.05) is 54.1 Å². The summed E-state index contributed by atoms with van der Waals surface area (Å²) in [5.74, 6) is -0.345. The number of hydrogen-bond donors (Lipinski definition) is 0. The second kappa shape index (κ2) is 47.9. The zero-order valence-corrected chi connectivity index (χ0v) is 43.6. The Labute approximate surface area is 397 Å². The number of rotatable bonds is 50. The van der Waals surface area contributed by atoms with Crippen LogP contribution in [-0.4, -0.2) is 70.7 Å². The molecular weight excluding hydrogens is 818 g/mol. The molecule has 0 fully saturated rings. The molecule has 0 aromatic rings. The molecule has 376 valence electrons. The number of allylic oxidation sites excluding steroid dienone is 8. The van der Waals surface area contributed by atoms with E-state index in [4.69, 9.17) is 18.5 Å². The van der Waals surface area contributed by atoms with Crippen LogP contribution in [0.25, 0.3) is 0 Å². The summed E-state index contributed by atoms with van der Waals surface area (Å²) in [6.07, 6.45) is 60.0. The summed E-state index contributed by atoms with van der Waals surface area (Å²) in [6, 6.07) is 0. The Kier molecular flexibility index (Phi) is 46.8. The van der Waals surface area contributed by atoms with Gasteiger partial charge in [0.15, 0.2) is 0 Å². The van der Waals surface area contributed by atoms with Crippen LogP contribution < -0.4 is 4.89 Å². The molecule has 0 spiro atoms. The number of hydrogen-bond acceptors (Lipinski definition) is 7. The first-order valence-corrected chi connectivity index (χ1v) is 28.3. The lowest BCUT2D eigenvalue weighted by Crippen LogP contribution is -2.37. The highest BCUT2D eigenvalue weighted by Gasteiger charge is 2.20. The fourth-order valence-corrected chi connectivity index (χ4v) is 8.27. The quantitative estimate of drug-likeness (QED) is 0.0197. The summed E-state index contributed by atoms with van der Waals surface area (Å²) < 4.78 is 34.8. The van der Waals surface area contributed by atoms with E-state index in [9.17, 15) is 14.3 Å². The van der Waals surface area contributed by atoms with Gasteiger partial charge in [-0.2, -0.15) is 0 Å². The Bertz CT molecular complexity index is 1160. The third-order valence-electron chi connectivity index (χ3n) is 11.6. The maximum absolute atomic E-state index is 12.8. The van der Waals surface area contributed by atoms with Crippen molar-refractivity contribution in [1.82, 2.24) is 0 Å². The molecule has 0 aliphatic carbocycles. The molecule has 0 N–H and O–H groups in total. The molecule has 8 nitrogen and oxygen atoms in total. The largest absolute Gasteiger partial charge is 0.756 e. The van der Waals surface area contributed by atoms with Gasteiger partial charge in [-0.15, -0.1) is 0 Å². The van der Waals surface area contributed by atoms with Gasteiger partial charge in [0.1, 0.15) is 19.3 Å². The summed E-state index contributed by atoms with van der Waals surface area (Å²) in [4.78, 5) is 25.2. The summed E-state index contributed by atoms with van der Waals surface area (Å²) in [6.45, 7) is 5.32. The van der Waals surface area contributed by atoms with Crippen LogP contribution in [-0.2, 0) is 27.9 Å². The minimum absolute atomic E-state index is 0.0230. The predicted octanol–water partition coefficient (Wildman–Crippen LogP) is 16.0. The van der Waals surface area contributed by atoms with Gasteiger partial charge in [0, 0.05) is 13.0 Å². The van der Waals surface area contributed by atoms with Crippen molar-refractivity contribution in [3.05, 3.63) is 48.6 Å². The average Bonchev–Trinajstić information content (AvgIpc) is 3.25. The molecule has 0 saturated heterocycles. The average molecular weight is 922 g/mol. The van der Waals surface area contributed by atoms with Crippen LogP contribution in [0.4, 0.5) is 0 Å². The molecule has 0 aliphatic heterocycles. The summed E-state index contributed by atoms with van der Waals surface area (Å²) >= 11 is 0. The fraction of sp³-hybridized carbons (Fsp3) is 0.836. The van der Waals surface area contributed by atoms with Gasteiger partial charge in [0.25, 0.3) is 7.82 Å². The van der Waals surface area contributed by atoms with Gasteiger partial charge in [-0.1, -0.05) is 229 Å². The highest BCUT2D eigenvalue weighted by atomic mass is 31.2. The number of phosphoric ester groups is 1. The van der Waals surface area contributed by atoms with E-state index in [0.29, 0.717) is 24.1 Å². The predicted molar refractivity (Wildman–Crippen MR) is 273 cm³/mol. The minimum Gasteiger partial charge on any atom is -0.756 e. The van der Waals surface area contributed by atoms with Crippen LogP contribution in [0, 0.1) is 0 Å². The van der Waals surface area contributed by atoms with Gasteiger partial charge in [0.2, 0.25) is 0 Å². The SMILES string of the molecule is CC/C=C\C/C=C\C/C=C\C/C=C\CCCCCCCCC(=O)OC(COCCCCCCCCCCCCCCCCCCCCCCCCC)COP(=O)([O-])OCC[N+](C)(C)C. The number of ether oxygens (including phenoxy) is 2. The van der Waals surface area contributed by atoms with E-state index in [-0.39, 0.29) is 25.8 Å². The number of nitrogens with zero attached hydrogens (tertiary/aromatic N) is 1. The van der Waals surface area contributed by atoms with Gasteiger partial charge >= 0.3 is 5.97 Å². The number of carbonyl (C=O) groups excluding carboxylic acids is 1. The third-order valence-corrected chi connectivity index (χ3v) is 12.6. The zero-order valence-electron chi connectivity index (χ0n) is 42.7. The fourth-order valence-electron chi connectivity index (χ4n) is 7.54. The maximum Gasteiger partial charge on any atom is 0.306 e. The molecule has 2 atom stereocenters. The molecule has 0 rings (SSSR count). The van der Waals surface area contributed by atoms with Gasteiger partial charge in [-0.25, -0.2) is 0 Å². The summed E-state index contributed by atoms with van der Waals surface area (Å²) in [5, 5.41) is 0. The molecule has 0 heterocycles. The van der Waals surface area contributed by atoms with Gasteiger partial charge in [-0.05, 0) is 51.4 Å². The molecule has 9 heteroatoms. The van der Waals surface area contributed by atoms with Crippen LogP contribution in [0.2, 0.25) is 0 Å². The van der Waals surface area contributed by atoms with Crippen molar-refractivity contribution < 1.29 is 37.3 Å². The molecular formula is C55H104NO7P. The Balaban J connectivity index is 4.10. The van der Waals surface area contributed by atoms with Crippen LogP contribution in [0.1, 0.15) is 239 Å². The highest BCUT2D eigenvalue weighted by Crippen LogP contribution is 2.38. The van der Waals surface area contributed by atoms with Gasteiger partial charge in [-0.3, -0.25) is 9.36 Å². The Morgan fingerprint density at radius 2 is 0.906 bits per heavy atom. The molecule has 0 saturated carbocycles. The standard InChI is InChI=1S/C55H104NO7P/c1-6-8-10-12-14-16-18-20-22-24-26-27-28-29-31-33-35-37-39-41-43-45-47-50-60-52-54(53-62-64(58,59)61-51-49-56(3,4)5)63-55(57)48-46-44-42-40-38-36-34-32-30-25-23-21-19-17-15-13-11-9-7-2/h9,11,15,17,21,23,30,32,54H,6-8,10,12-14,16,18-20,22,24-29,31,33-53H2,1-5H3/b11-9-,17-15-,23-21-,32-30-. The molecule has 2 unspecified atom stereocenters. The monoisotopic (exact) mass is 922 g/mol. The van der Waals surface area contributed by atoms with Gasteiger partial charge in [0.05, 0.1) is 34.4 Å². The first-order valence-electron chi connectivity index (χ1n) is 26.9. The summed E-state index contributed by atoms with van der Waals surface area (Å²) in [5.41, 5.74) is 0. The maximum atomic E-state index is 12.8. The van der Waals surface area contributed by atoms with E-state index in [2.05, 4.69) is 62.5 Å². The Morgan fingerprint density at radius 3 is 1.36 bits per heavy atom. The van der Waals surface area contributed by atoms with Crippen LogP contribution in [0.5, 0.6) is 0 Å². The van der Waals surface area contributed by atoms with Crippen molar-refractivity contribution in [1.29, 1.82) is 0 Å². The number of unbranched alkanes of at least 4 members (excludes halogenated alkanes) is 28. The minimum atomic E-state index is -4.54. The van der Waals surface area contributed by atoms with Crippen LogP contribution in [0.15, 0.2) is 48.6 Å². The summed E-state index contributed by atoms with van der Waals surface area (Å²) in [7, 11) is 1.35. The second-order valence-corrected chi connectivity index (χ2v) is 20.6. The van der Waals surface area contributed by atoms with E-state index in [0.717, 1.165) is 70.6 Å². The van der Waals surface area contributed by atoms with Crippen molar-refractivity contribution >= 4 is 13.8 Å². The van der Waals surface area contributed by atoms with E-state index >= 15 is 0 Å². The molecule has 0 aromatic carbocycles. The van der Waals surface area contributed by atoms with E-state index in [1.165, 1.54) is 148 Å². The lowest BCUT2D eigenvalue weighted by Gasteiger charge is -2.28. The molecule has 0 radical (unpaired) electrons. The topological polar surface area (TPSA) is 94.1 Å². The lowest BCUT2D eigenvalue weighted by atomic mass is 10.0. The van der Waals surface area contributed by atoms with E-state index in [1.54, 1.807) is 0 Å². The molecule has 0 aromatic heterocycles. The molecule has 0 aliphatic rings. The molecule has 0 amide bonds. The molecule has 0 bridgehead atoms.